The van der Waals surface area contributed by atoms with Crippen LogP contribution in [0.4, 0.5) is 0 Å². The number of nitrogens with two attached hydrogens (primary N) is 1. The third-order valence-corrected chi connectivity index (χ3v) is 4.62. The molecular formula is C15H21N. The molecule has 0 heterocycles. The van der Waals surface area contributed by atoms with Crippen molar-refractivity contribution in [1.82, 2.24) is 0 Å². The van der Waals surface area contributed by atoms with Gasteiger partial charge in [-0.25, -0.2) is 0 Å². The molecule has 0 bridgehead atoms. The van der Waals surface area contributed by atoms with E-state index in [1.165, 1.54) is 18.4 Å². The Balaban J connectivity index is 1.87. The van der Waals surface area contributed by atoms with Crippen LogP contribution in [-0.2, 0) is 0 Å². The van der Waals surface area contributed by atoms with Gasteiger partial charge in [0.05, 0.1) is 0 Å². The summed E-state index contributed by atoms with van der Waals surface area (Å²) in [6.45, 7) is 5.52. The van der Waals surface area contributed by atoms with Gasteiger partial charge in [0, 0.05) is 0 Å². The summed E-state index contributed by atoms with van der Waals surface area (Å²) in [5.74, 6) is 2.23. The van der Waals surface area contributed by atoms with E-state index >= 15 is 0 Å². The van der Waals surface area contributed by atoms with Crippen molar-refractivity contribution < 1.29 is 0 Å². The molecule has 2 fully saturated rings. The monoisotopic (exact) mass is 215 g/mol. The van der Waals surface area contributed by atoms with Crippen molar-refractivity contribution in [1.29, 1.82) is 0 Å². The first-order chi connectivity index (χ1) is 7.64. The molecule has 2 aliphatic carbocycles. The molecule has 2 saturated carbocycles. The van der Waals surface area contributed by atoms with Crippen molar-refractivity contribution in [3.8, 4) is 0 Å². The molecule has 0 saturated heterocycles. The Kier molecular flexibility index (Phi) is 2.16. The second kappa shape index (κ2) is 3.33. The smallest absolute Gasteiger partial charge is 0.00375 e. The van der Waals surface area contributed by atoms with E-state index in [2.05, 4.69) is 38.1 Å². The quantitative estimate of drug-likeness (QED) is 0.823. The minimum atomic E-state index is 0.414. The molecule has 1 aromatic rings. The van der Waals surface area contributed by atoms with Crippen LogP contribution in [0.3, 0.4) is 0 Å². The molecule has 1 heteroatoms. The fourth-order valence-corrected chi connectivity index (χ4v) is 3.27. The molecule has 0 amide bonds. The molecule has 86 valence electrons. The minimum Gasteiger partial charge on any atom is -0.330 e. The first-order valence-electron chi connectivity index (χ1n) is 6.44. The van der Waals surface area contributed by atoms with Gasteiger partial charge < -0.3 is 5.73 Å². The van der Waals surface area contributed by atoms with Crippen molar-refractivity contribution in [3.63, 3.8) is 0 Å². The Morgan fingerprint density at radius 2 is 1.94 bits per heavy atom. The molecule has 0 aliphatic heterocycles. The van der Waals surface area contributed by atoms with Gasteiger partial charge in [-0.1, -0.05) is 38.1 Å². The van der Waals surface area contributed by atoms with Crippen molar-refractivity contribution >= 4 is 0 Å². The minimum absolute atomic E-state index is 0.414. The average Bonchev–Trinajstić information content (AvgIpc) is 3.13. The van der Waals surface area contributed by atoms with Crippen LogP contribution in [0.15, 0.2) is 24.3 Å². The summed E-state index contributed by atoms with van der Waals surface area (Å²) in [6.07, 6.45) is 2.77. The van der Waals surface area contributed by atoms with Crippen molar-refractivity contribution in [2.24, 2.45) is 17.1 Å². The lowest BCUT2D eigenvalue weighted by Crippen LogP contribution is -2.05. The zero-order valence-electron chi connectivity index (χ0n) is 10.2. The van der Waals surface area contributed by atoms with Crippen LogP contribution in [0.1, 0.15) is 49.7 Å². The molecule has 16 heavy (non-hydrogen) atoms. The summed E-state index contributed by atoms with van der Waals surface area (Å²) in [4.78, 5) is 0. The zero-order chi connectivity index (χ0) is 11.3. The largest absolute Gasteiger partial charge is 0.330 e. The molecule has 0 spiro atoms. The van der Waals surface area contributed by atoms with Crippen molar-refractivity contribution in [2.45, 2.75) is 38.5 Å². The lowest BCUT2D eigenvalue weighted by atomic mass is 10.00. The van der Waals surface area contributed by atoms with Crippen LogP contribution in [0.25, 0.3) is 0 Å². The third kappa shape index (κ3) is 1.49. The van der Waals surface area contributed by atoms with Gasteiger partial charge in [-0.3, -0.25) is 0 Å². The van der Waals surface area contributed by atoms with Crippen LogP contribution >= 0.6 is 0 Å². The van der Waals surface area contributed by atoms with Crippen LogP contribution in [0.5, 0.6) is 0 Å². The highest BCUT2D eigenvalue weighted by Crippen LogP contribution is 2.64. The van der Waals surface area contributed by atoms with E-state index < -0.39 is 0 Å². The molecule has 3 rings (SSSR count). The lowest BCUT2D eigenvalue weighted by molar-refractivity contribution is 0.558. The zero-order valence-corrected chi connectivity index (χ0v) is 10.2. The van der Waals surface area contributed by atoms with E-state index in [1.807, 2.05) is 0 Å². The average molecular weight is 215 g/mol. The predicted octanol–water partition coefficient (Wildman–Crippen LogP) is 3.26. The molecule has 1 nitrogen and oxygen atoms in total. The van der Waals surface area contributed by atoms with E-state index in [0.29, 0.717) is 17.3 Å². The predicted molar refractivity (Wildman–Crippen MR) is 67.5 cm³/mol. The Morgan fingerprint density at radius 1 is 1.25 bits per heavy atom. The van der Waals surface area contributed by atoms with Gasteiger partial charge in [0.1, 0.15) is 0 Å². The van der Waals surface area contributed by atoms with Crippen LogP contribution in [-0.4, -0.2) is 6.54 Å². The fraction of sp³-hybridized carbons (Fsp3) is 0.600. The third-order valence-electron chi connectivity index (χ3n) is 4.62. The van der Waals surface area contributed by atoms with E-state index in [9.17, 15) is 0 Å². The van der Waals surface area contributed by atoms with Gasteiger partial charge in [0.25, 0.3) is 0 Å². The number of hydrogen-bond acceptors (Lipinski definition) is 1. The highest BCUT2D eigenvalue weighted by atomic mass is 14.7. The highest BCUT2D eigenvalue weighted by molar-refractivity contribution is 5.37. The molecule has 0 aromatic heterocycles. The van der Waals surface area contributed by atoms with Gasteiger partial charge in [0.15, 0.2) is 0 Å². The summed E-state index contributed by atoms with van der Waals surface area (Å²) in [5, 5.41) is 0. The lowest BCUT2D eigenvalue weighted by Gasteiger charge is -2.05. The van der Waals surface area contributed by atoms with Gasteiger partial charge in [-0.2, -0.15) is 0 Å². The molecule has 2 N–H and O–H groups in total. The maximum absolute atomic E-state index is 5.85. The summed E-state index contributed by atoms with van der Waals surface area (Å²) in [5.41, 5.74) is 9.33. The summed E-state index contributed by atoms with van der Waals surface area (Å²) < 4.78 is 0. The Labute approximate surface area is 98.0 Å². The second-order valence-electron chi connectivity index (χ2n) is 6.09. The van der Waals surface area contributed by atoms with E-state index in [1.54, 1.807) is 5.56 Å². The summed E-state index contributed by atoms with van der Waals surface area (Å²) >= 11 is 0. The number of hydrogen-bond donors (Lipinski definition) is 1. The van der Waals surface area contributed by atoms with Crippen LogP contribution < -0.4 is 5.73 Å². The van der Waals surface area contributed by atoms with E-state index in [0.717, 1.165) is 12.5 Å². The fourth-order valence-electron chi connectivity index (χ4n) is 3.27. The molecule has 0 unspecified atom stereocenters. The maximum atomic E-state index is 5.85. The van der Waals surface area contributed by atoms with Crippen LogP contribution in [0, 0.1) is 11.3 Å². The normalized spacial score (nSPS) is 31.4. The second-order valence-corrected chi connectivity index (χ2v) is 6.09. The molecular weight excluding hydrogens is 194 g/mol. The molecule has 2 atom stereocenters. The molecule has 0 radical (unpaired) electrons. The summed E-state index contributed by atoms with van der Waals surface area (Å²) in [6, 6.07) is 9.23. The van der Waals surface area contributed by atoms with Gasteiger partial charge in [-0.05, 0) is 53.7 Å². The molecule has 2 aliphatic rings. The van der Waals surface area contributed by atoms with Crippen molar-refractivity contribution in [2.75, 3.05) is 6.54 Å². The Morgan fingerprint density at radius 3 is 2.50 bits per heavy atom. The first kappa shape index (κ1) is 10.3. The SMILES string of the molecule is CC1(C)[C@H](CN)[C@H]1c1cccc(C2CC2)c1. The van der Waals surface area contributed by atoms with E-state index in [4.69, 9.17) is 5.73 Å². The first-order valence-corrected chi connectivity index (χ1v) is 6.44. The highest BCUT2D eigenvalue weighted by Gasteiger charge is 2.57. The Hall–Kier alpha value is -0.820. The van der Waals surface area contributed by atoms with Gasteiger partial charge in [-0.15, -0.1) is 0 Å². The van der Waals surface area contributed by atoms with Crippen molar-refractivity contribution in [3.05, 3.63) is 35.4 Å². The number of rotatable bonds is 3. The summed E-state index contributed by atoms with van der Waals surface area (Å²) in [7, 11) is 0. The molecule has 1 aromatic carbocycles. The number of benzene rings is 1. The Bertz CT molecular complexity index is 404. The van der Waals surface area contributed by atoms with Crippen LogP contribution in [0.2, 0.25) is 0 Å². The topological polar surface area (TPSA) is 26.0 Å². The maximum Gasteiger partial charge on any atom is -0.00375 e. The van der Waals surface area contributed by atoms with E-state index in [-0.39, 0.29) is 0 Å². The van der Waals surface area contributed by atoms with Gasteiger partial charge >= 0.3 is 0 Å². The standard InChI is InChI=1S/C15H21N/c1-15(2)13(9-16)14(15)12-5-3-4-11(8-12)10-6-7-10/h3-5,8,10,13-14H,6-7,9,16H2,1-2H3/t13-,14-/m1/s1. The van der Waals surface area contributed by atoms with Gasteiger partial charge in [0.2, 0.25) is 0 Å².